The largest absolute Gasteiger partial charge is 0.392 e. The topological polar surface area (TPSA) is 45.1 Å². The Labute approximate surface area is 108 Å². The Balaban J connectivity index is 1.82. The zero-order valence-electron chi connectivity index (χ0n) is 10.6. The Kier molecular flexibility index (Phi) is 4.45. The molecule has 0 unspecified atom stereocenters. The van der Waals surface area contributed by atoms with Crippen LogP contribution in [0.5, 0.6) is 0 Å². The van der Waals surface area contributed by atoms with Crippen molar-refractivity contribution in [3.8, 4) is 0 Å². The number of hydrogen-bond donors (Lipinski definition) is 2. The minimum absolute atomic E-state index is 0.0982. The highest BCUT2D eigenvalue weighted by Crippen LogP contribution is 2.04. The van der Waals surface area contributed by atoms with Crippen molar-refractivity contribution in [3.63, 3.8) is 0 Å². The van der Waals surface area contributed by atoms with Crippen LogP contribution in [0.3, 0.4) is 0 Å². The molecule has 0 aliphatic rings. The summed E-state index contributed by atoms with van der Waals surface area (Å²) < 4.78 is 0. The first-order valence-corrected chi connectivity index (χ1v) is 6.09. The lowest BCUT2D eigenvalue weighted by Crippen LogP contribution is -2.13. The maximum atomic E-state index is 8.95. The molecule has 2 aromatic rings. The molecule has 0 bridgehead atoms. The van der Waals surface area contributed by atoms with Crippen molar-refractivity contribution < 1.29 is 5.11 Å². The number of benzene rings is 1. The number of aliphatic hydroxyl groups is 1. The van der Waals surface area contributed by atoms with Crippen LogP contribution >= 0.6 is 0 Å². The van der Waals surface area contributed by atoms with Gasteiger partial charge in [-0.25, -0.2) is 0 Å². The first-order chi connectivity index (χ1) is 8.78. The van der Waals surface area contributed by atoms with E-state index >= 15 is 0 Å². The fourth-order valence-corrected chi connectivity index (χ4v) is 1.70. The Morgan fingerprint density at radius 1 is 1.00 bits per heavy atom. The number of aromatic nitrogens is 1. The minimum Gasteiger partial charge on any atom is -0.392 e. The average Bonchev–Trinajstić information content (AvgIpc) is 2.42. The highest BCUT2D eigenvalue weighted by molar-refractivity contribution is 5.22. The van der Waals surface area contributed by atoms with Crippen LogP contribution in [0.2, 0.25) is 0 Å². The van der Waals surface area contributed by atoms with Gasteiger partial charge < -0.3 is 10.4 Å². The molecule has 94 valence electrons. The third-order valence-corrected chi connectivity index (χ3v) is 2.81. The van der Waals surface area contributed by atoms with Crippen LogP contribution in [0.4, 0.5) is 0 Å². The van der Waals surface area contributed by atoms with E-state index in [4.69, 9.17) is 5.11 Å². The number of rotatable bonds is 5. The van der Waals surface area contributed by atoms with Crippen molar-refractivity contribution in [2.75, 3.05) is 0 Å². The van der Waals surface area contributed by atoms with E-state index in [2.05, 4.69) is 16.4 Å². The van der Waals surface area contributed by atoms with Crippen LogP contribution in [-0.2, 0) is 19.7 Å². The maximum Gasteiger partial charge on any atom is 0.0681 e. The second-order valence-corrected chi connectivity index (χ2v) is 4.41. The third-order valence-electron chi connectivity index (χ3n) is 2.81. The molecular weight excluding hydrogens is 224 g/mol. The Morgan fingerprint density at radius 2 is 1.72 bits per heavy atom. The van der Waals surface area contributed by atoms with Crippen LogP contribution in [0, 0.1) is 6.92 Å². The van der Waals surface area contributed by atoms with Crippen molar-refractivity contribution in [1.82, 2.24) is 10.3 Å². The lowest BCUT2D eigenvalue weighted by Gasteiger charge is -2.05. The first-order valence-electron chi connectivity index (χ1n) is 6.09. The monoisotopic (exact) mass is 242 g/mol. The van der Waals surface area contributed by atoms with Gasteiger partial charge in [-0.1, -0.05) is 30.3 Å². The molecule has 18 heavy (non-hydrogen) atoms. The Morgan fingerprint density at radius 3 is 2.33 bits per heavy atom. The van der Waals surface area contributed by atoms with Crippen LogP contribution < -0.4 is 5.32 Å². The molecule has 1 aromatic heterocycles. The van der Waals surface area contributed by atoms with Gasteiger partial charge in [-0.05, 0) is 29.7 Å². The Bertz CT molecular complexity index is 477. The van der Waals surface area contributed by atoms with Gasteiger partial charge >= 0.3 is 0 Å². The summed E-state index contributed by atoms with van der Waals surface area (Å²) in [4.78, 5) is 4.34. The molecule has 3 heteroatoms. The van der Waals surface area contributed by atoms with E-state index < -0.39 is 0 Å². The van der Waals surface area contributed by atoms with Crippen LogP contribution in [0.1, 0.15) is 22.4 Å². The van der Waals surface area contributed by atoms with E-state index in [0.29, 0.717) is 0 Å². The van der Waals surface area contributed by atoms with Gasteiger partial charge in [0.15, 0.2) is 0 Å². The second kappa shape index (κ2) is 6.28. The highest BCUT2D eigenvalue weighted by Gasteiger charge is 1.96. The second-order valence-electron chi connectivity index (χ2n) is 4.41. The lowest BCUT2D eigenvalue weighted by molar-refractivity contribution is 0.282. The minimum atomic E-state index is 0.0982. The normalized spacial score (nSPS) is 10.6. The SMILES string of the molecule is Cc1ccc(CNCc2ccc(CO)cc2)nc1. The van der Waals surface area contributed by atoms with Gasteiger partial charge in [-0.2, -0.15) is 0 Å². The number of nitrogens with zero attached hydrogens (tertiary/aromatic N) is 1. The predicted molar refractivity (Wildman–Crippen MR) is 71.9 cm³/mol. The Hall–Kier alpha value is -1.71. The van der Waals surface area contributed by atoms with E-state index in [1.807, 2.05) is 43.5 Å². The molecular formula is C15H18N2O. The van der Waals surface area contributed by atoms with Gasteiger partial charge in [-0.15, -0.1) is 0 Å². The summed E-state index contributed by atoms with van der Waals surface area (Å²) in [5.74, 6) is 0. The van der Waals surface area contributed by atoms with E-state index in [0.717, 1.165) is 24.3 Å². The van der Waals surface area contributed by atoms with Crippen molar-refractivity contribution in [3.05, 3.63) is 65.0 Å². The fourth-order valence-electron chi connectivity index (χ4n) is 1.70. The number of aryl methyl sites for hydroxylation is 1. The molecule has 0 amide bonds. The molecule has 0 aliphatic carbocycles. The molecule has 0 saturated heterocycles. The highest BCUT2D eigenvalue weighted by atomic mass is 16.3. The molecule has 2 N–H and O–H groups in total. The van der Waals surface area contributed by atoms with Gasteiger partial charge in [0, 0.05) is 19.3 Å². The molecule has 0 atom stereocenters. The van der Waals surface area contributed by atoms with E-state index in [9.17, 15) is 0 Å². The summed E-state index contributed by atoms with van der Waals surface area (Å²) in [5.41, 5.74) is 4.38. The first kappa shape index (κ1) is 12.7. The molecule has 1 aromatic carbocycles. The predicted octanol–water partition coefficient (Wildman–Crippen LogP) is 2.17. The third kappa shape index (κ3) is 3.65. The van der Waals surface area contributed by atoms with E-state index in [1.165, 1.54) is 11.1 Å². The molecule has 0 saturated carbocycles. The molecule has 0 fully saturated rings. The lowest BCUT2D eigenvalue weighted by atomic mass is 10.1. The van der Waals surface area contributed by atoms with Crippen molar-refractivity contribution in [1.29, 1.82) is 0 Å². The van der Waals surface area contributed by atoms with Gasteiger partial charge in [0.05, 0.1) is 12.3 Å². The zero-order chi connectivity index (χ0) is 12.8. The number of nitrogens with one attached hydrogen (secondary N) is 1. The van der Waals surface area contributed by atoms with Crippen LogP contribution in [-0.4, -0.2) is 10.1 Å². The van der Waals surface area contributed by atoms with Gasteiger partial charge in [0.25, 0.3) is 0 Å². The summed E-state index contributed by atoms with van der Waals surface area (Å²) in [6.45, 7) is 3.71. The van der Waals surface area contributed by atoms with Crippen molar-refractivity contribution in [2.24, 2.45) is 0 Å². The van der Waals surface area contributed by atoms with Crippen molar-refractivity contribution >= 4 is 0 Å². The van der Waals surface area contributed by atoms with E-state index in [-0.39, 0.29) is 6.61 Å². The van der Waals surface area contributed by atoms with Gasteiger partial charge in [0.2, 0.25) is 0 Å². The van der Waals surface area contributed by atoms with Crippen LogP contribution in [0.25, 0.3) is 0 Å². The van der Waals surface area contributed by atoms with Crippen molar-refractivity contribution in [2.45, 2.75) is 26.6 Å². The zero-order valence-corrected chi connectivity index (χ0v) is 10.6. The molecule has 2 rings (SSSR count). The summed E-state index contributed by atoms with van der Waals surface area (Å²) in [6.07, 6.45) is 1.88. The van der Waals surface area contributed by atoms with Gasteiger partial charge in [0.1, 0.15) is 0 Å². The standard InChI is InChI=1S/C15H18N2O/c1-12-2-7-15(17-8-12)10-16-9-13-3-5-14(11-18)6-4-13/h2-8,16,18H,9-11H2,1H3. The molecule has 0 radical (unpaired) electrons. The number of hydrogen-bond acceptors (Lipinski definition) is 3. The summed E-state index contributed by atoms with van der Waals surface area (Å²) in [7, 11) is 0. The quantitative estimate of drug-likeness (QED) is 0.844. The van der Waals surface area contributed by atoms with E-state index in [1.54, 1.807) is 0 Å². The maximum absolute atomic E-state index is 8.95. The summed E-state index contributed by atoms with van der Waals surface area (Å²) in [5, 5.41) is 12.3. The molecule has 0 spiro atoms. The average molecular weight is 242 g/mol. The smallest absolute Gasteiger partial charge is 0.0681 e. The molecule has 0 aliphatic heterocycles. The summed E-state index contributed by atoms with van der Waals surface area (Å²) >= 11 is 0. The number of pyridine rings is 1. The molecule has 1 heterocycles. The molecule has 3 nitrogen and oxygen atoms in total. The number of aliphatic hydroxyl groups excluding tert-OH is 1. The van der Waals surface area contributed by atoms with Crippen LogP contribution in [0.15, 0.2) is 42.6 Å². The van der Waals surface area contributed by atoms with Gasteiger partial charge in [-0.3, -0.25) is 4.98 Å². The summed E-state index contributed by atoms with van der Waals surface area (Å²) in [6, 6.07) is 12.1. The fraction of sp³-hybridized carbons (Fsp3) is 0.267.